The molecule has 0 bridgehead atoms. The first kappa shape index (κ1) is 14.3. The maximum absolute atomic E-state index is 12.4. The molecule has 1 aliphatic heterocycles. The molecule has 2 fully saturated rings. The third-order valence-electron chi connectivity index (χ3n) is 4.54. The van der Waals surface area contributed by atoms with Crippen molar-refractivity contribution in [3.8, 4) is 0 Å². The maximum Gasteiger partial charge on any atom is 0.240 e. The van der Waals surface area contributed by atoms with E-state index in [0.29, 0.717) is 0 Å². The summed E-state index contributed by atoms with van der Waals surface area (Å²) < 4.78 is 0. The van der Waals surface area contributed by atoms with E-state index in [1.807, 2.05) is 6.07 Å². The highest BCUT2D eigenvalue weighted by Gasteiger charge is 2.38. The first-order valence-corrected chi connectivity index (χ1v) is 7.79. The van der Waals surface area contributed by atoms with E-state index in [1.54, 1.807) is 12.4 Å². The number of hydrogen-bond donors (Lipinski definition) is 2. The molecule has 1 atom stereocenters. The Balaban J connectivity index is 1.60. The van der Waals surface area contributed by atoms with Crippen molar-refractivity contribution in [1.29, 1.82) is 0 Å². The predicted molar refractivity (Wildman–Crippen MR) is 80.8 cm³/mol. The van der Waals surface area contributed by atoms with Gasteiger partial charge >= 0.3 is 0 Å². The summed E-state index contributed by atoms with van der Waals surface area (Å²) in [5, 5.41) is 3.14. The molecular weight excluding hydrogens is 266 g/mol. The molecule has 2 aliphatic rings. The van der Waals surface area contributed by atoms with E-state index in [0.717, 1.165) is 57.6 Å². The molecule has 6 heteroatoms. The molecule has 1 aromatic heterocycles. The largest absolute Gasteiger partial charge is 0.350 e. The van der Waals surface area contributed by atoms with Gasteiger partial charge in [0.15, 0.2) is 0 Å². The lowest BCUT2D eigenvalue weighted by Gasteiger charge is -2.35. The minimum Gasteiger partial charge on any atom is -0.350 e. The van der Waals surface area contributed by atoms with E-state index in [4.69, 9.17) is 5.73 Å². The van der Waals surface area contributed by atoms with Gasteiger partial charge in [-0.3, -0.25) is 4.79 Å². The van der Waals surface area contributed by atoms with Crippen LogP contribution in [-0.2, 0) is 4.79 Å². The van der Waals surface area contributed by atoms with Gasteiger partial charge in [0.1, 0.15) is 0 Å². The molecule has 6 nitrogen and oxygen atoms in total. The molecule has 3 N–H and O–H groups in total. The Kier molecular flexibility index (Phi) is 4.05. The number of aromatic nitrogens is 2. The van der Waals surface area contributed by atoms with Crippen molar-refractivity contribution < 1.29 is 4.79 Å². The molecule has 21 heavy (non-hydrogen) atoms. The van der Waals surface area contributed by atoms with E-state index in [-0.39, 0.29) is 11.9 Å². The highest BCUT2D eigenvalue weighted by atomic mass is 16.2. The first-order valence-electron chi connectivity index (χ1n) is 7.79. The van der Waals surface area contributed by atoms with Gasteiger partial charge in [-0.1, -0.05) is 12.8 Å². The Morgan fingerprint density at radius 1 is 1.29 bits per heavy atom. The molecule has 0 radical (unpaired) electrons. The van der Waals surface area contributed by atoms with Crippen molar-refractivity contribution in [2.24, 2.45) is 5.73 Å². The number of rotatable bonds is 3. The quantitative estimate of drug-likeness (QED) is 0.861. The van der Waals surface area contributed by atoms with E-state index >= 15 is 0 Å². The lowest BCUT2D eigenvalue weighted by molar-refractivity contribution is -0.127. The van der Waals surface area contributed by atoms with Crippen molar-refractivity contribution in [3.63, 3.8) is 0 Å². The number of nitrogens with two attached hydrogens (primary N) is 1. The number of carbonyl (C=O) groups is 1. The van der Waals surface area contributed by atoms with Gasteiger partial charge in [0, 0.05) is 31.5 Å². The number of nitrogens with zero attached hydrogens (tertiary/aromatic N) is 3. The van der Waals surface area contributed by atoms with E-state index in [1.165, 1.54) is 0 Å². The summed E-state index contributed by atoms with van der Waals surface area (Å²) in [4.78, 5) is 23.1. The third-order valence-corrected chi connectivity index (χ3v) is 4.54. The molecule has 1 amide bonds. The summed E-state index contributed by atoms with van der Waals surface area (Å²) in [6.07, 6.45) is 9.23. The lowest BCUT2D eigenvalue weighted by atomic mass is 9.96. The Hall–Kier alpha value is -1.69. The standard InChI is InChI=1S/C15H23N5O/c16-15(6-1-2-7-15)13(21)19-12-5-3-10-20(11-12)14-17-8-4-9-18-14/h4,8-9,12H,1-3,5-7,10-11,16H2,(H,19,21). The smallest absolute Gasteiger partial charge is 0.240 e. The van der Waals surface area contributed by atoms with Gasteiger partial charge in [0.05, 0.1) is 5.54 Å². The van der Waals surface area contributed by atoms with Crippen molar-refractivity contribution in [1.82, 2.24) is 15.3 Å². The van der Waals surface area contributed by atoms with E-state index in [9.17, 15) is 4.79 Å². The van der Waals surface area contributed by atoms with Crippen molar-refractivity contribution >= 4 is 11.9 Å². The topological polar surface area (TPSA) is 84.1 Å². The second-order valence-electron chi connectivity index (χ2n) is 6.17. The SMILES string of the molecule is NC1(C(=O)NC2CCCN(c3ncccn3)C2)CCCC1. The number of carbonyl (C=O) groups excluding carboxylic acids is 1. The monoisotopic (exact) mass is 289 g/mol. The van der Waals surface area contributed by atoms with Crippen LogP contribution < -0.4 is 16.0 Å². The normalized spacial score (nSPS) is 24.8. The highest BCUT2D eigenvalue weighted by Crippen LogP contribution is 2.27. The molecule has 1 saturated heterocycles. The Bertz CT molecular complexity index is 486. The second kappa shape index (κ2) is 5.97. The predicted octanol–water partition coefficient (Wildman–Crippen LogP) is 0.833. The van der Waals surface area contributed by atoms with Crippen LogP contribution in [0.15, 0.2) is 18.5 Å². The van der Waals surface area contributed by atoms with Gasteiger partial charge in [-0.05, 0) is 31.7 Å². The molecule has 1 aromatic rings. The van der Waals surface area contributed by atoms with Crippen molar-refractivity contribution in [3.05, 3.63) is 18.5 Å². The lowest BCUT2D eigenvalue weighted by Crippen LogP contribution is -2.57. The average Bonchev–Trinajstić information content (AvgIpc) is 2.97. The summed E-state index contributed by atoms with van der Waals surface area (Å²) >= 11 is 0. The van der Waals surface area contributed by atoms with Crippen LogP contribution in [0.25, 0.3) is 0 Å². The molecule has 2 heterocycles. The van der Waals surface area contributed by atoms with Crippen LogP contribution in [0.3, 0.4) is 0 Å². The molecule has 3 rings (SSSR count). The molecule has 114 valence electrons. The molecule has 1 aliphatic carbocycles. The van der Waals surface area contributed by atoms with Gasteiger partial charge < -0.3 is 16.0 Å². The van der Waals surface area contributed by atoms with Gasteiger partial charge in [0.2, 0.25) is 11.9 Å². The van der Waals surface area contributed by atoms with Gasteiger partial charge in [-0.15, -0.1) is 0 Å². The summed E-state index contributed by atoms with van der Waals surface area (Å²) in [7, 11) is 0. The number of anilines is 1. The van der Waals surface area contributed by atoms with Crippen LogP contribution in [0, 0.1) is 0 Å². The van der Waals surface area contributed by atoms with Crippen LogP contribution in [0.4, 0.5) is 5.95 Å². The van der Waals surface area contributed by atoms with Crippen LogP contribution in [0.1, 0.15) is 38.5 Å². The van der Waals surface area contributed by atoms with E-state index < -0.39 is 5.54 Å². The zero-order valence-electron chi connectivity index (χ0n) is 12.3. The van der Waals surface area contributed by atoms with Crippen LogP contribution in [0.5, 0.6) is 0 Å². The zero-order valence-corrected chi connectivity index (χ0v) is 12.3. The number of piperidine rings is 1. The maximum atomic E-state index is 12.4. The minimum absolute atomic E-state index is 0.0147. The summed E-state index contributed by atoms with van der Waals surface area (Å²) in [5.41, 5.74) is 5.57. The van der Waals surface area contributed by atoms with Crippen LogP contribution >= 0.6 is 0 Å². The van der Waals surface area contributed by atoms with Gasteiger partial charge in [0.25, 0.3) is 0 Å². The Labute approximate surface area is 125 Å². The molecule has 1 saturated carbocycles. The number of hydrogen-bond acceptors (Lipinski definition) is 5. The van der Waals surface area contributed by atoms with Gasteiger partial charge in [-0.2, -0.15) is 0 Å². The minimum atomic E-state index is -0.647. The summed E-state index contributed by atoms with van der Waals surface area (Å²) in [6, 6.07) is 1.95. The summed E-state index contributed by atoms with van der Waals surface area (Å²) in [5.74, 6) is 0.751. The fourth-order valence-corrected chi connectivity index (χ4v) is 3.29. The number of nitrogens with one attached hydrogen (secondary N) is 1. The van der Waals surface area contributed by atoms with E-state index in [2.05, 4.69) is 20.2 Å². The van der Waals surface area contributed by atoms with Crippen LogP contribution in [0.2, 0.25) is 0 Å². The fraction of sp³-hybridized carbons (Fsp3) is 0.667. The van der Waals surface area contributed by atoms with Crippen molar-refractivity contribution in [2.45, 2.75) is 50.1 Å². The van der Waals surface area contributed by atoms with Crippen LogP contribution in [-0.4, -0.2) is 40.5 Å². The summed E-state index contributed by atoms with van der Waals surface area (Å²) in [6.45, 7) is 1.69. The molecule has 0 aromatic carbocycles. The second-order valence-corrected chi connectivity index (χ2v) is 6.17. The first-order chi connectivity index (χ1) is 10.2. The molecule has 0 spiro atoms. The van der Waals surface area contributed by atoms with Gasteiger partial charge in [-0.25, -0.2) is 9.97 Å². The van der Waals surface area contributed by atoms with Crippen molar-refractivity contribution in [2.75, 3.05) is 18.0 Å². The highest BCUT2D eigenvalue weighted by molar-refractivity contribution is 5.86. The number of amides is 1. The molecule has 1 unspecified atom stereocenters. The third kappa shape index (κ3) is 3.15. The fourth-order valence-electron chi connectivity index (χ4n) is 3.29. The average molecular weight is 289 g/mol. The molecular formula is C15H23N5O. The Morgan fingerprint density at radius 3 is 2.71 bits per heavy atom. The zero-order chi connectivity index (χ0) is 14.7. The Morgan fingerprint density at radius 2 is 2.00 bits per heavy atom.